The SMILES string of the molecule is C=CCN1CCN(Cc2cn(CCN3CCN(C)CC3)nc2C)CC1. The maximum absolute atomic E-state index is 4.75. The fraction of sp³-hybridized carbons (Fsp3) is 0.737. The van der Waals surface area contributed by atoms with Gasteiger partial charge in [0.25, 0.3) is 0 Å². The Morgan fingerprint density at radius 3 is 2.28 bits per heavy atom. The average molecular weight is 347 g/mol. The molecule has 3 rings (SSSR count). The molecule has 0 amide bonds. The van der Waals surface area contributed by atoms with Crippen LogP contribution in [0, 0.1) is 6.92 Å². The van der Waals surface area contributed by atoms with E-state index in [1.54, 1.807) is 0 Å². The molecule has 0 bridgehead atoms. The minimum absolute atomic E-state index is 0.998. The summed E-state index contributed by atoms with van der Waals surface area (Å²) in [5.74, 6) is 0. The van der Waals surface area contributed by atoms with Gasteiger partial charge in [0.05, 0.1) is 12.2 Å². The van der Waals surface area contributed by atoms with Crippen molar-refractivity contribution in [1.29, 1.82) is 0 Å². The van der Waals surface area contributed by atoms with Crippen LogP contribution in [-0.2, 0) is 13.1 Å². The van der Waals surface area contributed by atoms with E-state index in [4.69, 9.17) is 5.10 Å². The summed E-state index contributed by atoms with van der Waals surface area (Å²) in [6, 6.07) is 0. The molecule has 0 radical (unpaired) electrons. The Morgan fingerprint density at radius 1 is 0.960 bits per heavy atom. The van der Waals surface area contributed by atoms with E-state index in [-0.39, 0.29) is 0 Å². The van der Waals surface area contributed by atoms with Gasteiger partial charge in [-0.15, -0.1) is 6.58 Å². The summed E-state index contributed by atoms with van der Waals surface area (Å²) >= 11 is 0. The van der Waals surface area contributed by atoms with Crippen molar-refractivity contribution in [2.45, 2.75) is 20.0 Å². The Hall–Kier alpha value is -1.21. The van der Waals surface area contributed by atoms with Gasteiger partial charge in [0.2, 0.25) is 0 Å². The lowest BCUT2D eigenvalue weighted by atomic mass is 10.2. The Bertz CT molecular complexity index is 538. The molecule has 6 nitrogen and oxygen atoms in total. The highest BCUT2D eigenvalue weighted by atomic mass is 15.3. The van der Waals surface area contributed by atoms with Crippen LogP contribution in [-0.4, -0.2) is 102 Å². The Morgan fingerprint density at radius 2 is 1.60 bits per heavy atom. The van der Waals surface area contributed by atoms with Crippen LogP contribution in [0.4, 0.5) is 0 Å². The molecule has 0 N–H and O–H groups in total. The Labute approximate surface area is 152 Å². The van der Waals surface area contributed by atoms with Crippen molar-refractivity contribution in [3.8, 4) is 0 Å². The van der Waals surface area contributed by atoms with Crippen molar-refractivity contribution in [2.24, 2.45) is 0 Å². The van der Waals surface area contributed by atoms with E-state index in [9.17, 15) is 0 Å². The second-order valence-corrected chi connectivity index (χ2v) is 7.51. The van der Waals surface area contributed by atoms with E-state index in [1.165, 1.54) is 37.4 Å². The molecule has 0 spiro atoms. The normalized spacial score (nSPS) is 21.7. The molecule has 25 heavy (non-hydrogen) atoms. The lowest BCUT2D eigenvalue weighted by molar-refractivity contribution is 0.136. The van der Waals surface area contributed by atoms with E-state index in [2.05, 4.69) is 51.0 Å². The van der Waals surface area contributed by atoms with Crippen molar-refractivity contribution >= 4 is 0 Å². The van der Waals surface area contributed by atoms with Crippen molar-refractivity contribution < 1.29 is 0 Å². The fourth-order valence-corrected chi connectivity index (χ4v) is 3.70. The Kier molecular flexibility index (Phi) is 6.64. The monoisotopic (exact) mass is 346 g/mol. The molecule has 140 valence electrons. The predicted octanol–water partition coefficient (Wildman–Crippen LogP) is 0.743. The van der Waals surface area contributed by atoms with Gasteiger partial charge in [0, 0.05) is 83.8 Å². The van der Waals surface area contributed by atoms with Gasteiger partial charge in [-0.2, -0.15) is 5.10 Å². The van der Waals surface area contributed by atoms with E-state index >= 15 is 0 Å². The molecule has 6 heteroatoms. The third-order valence-corrected chi connectivity index (χ3v) is 5.54. The summed E-state index contributed by atoms with van der Waals surface area (Å²) in [6.45, 7) is 19.4. The molecule has 0 aromatic carbocycles. The summed E-state index contributed by atoms with van der Waals surface area (Å²) in [6.07, 6.45) is 4.27. The summed E-state index contributed by atoms with van der Waals surface area (Å²) < 4.78 is 2.15. The molecule has 0 saturated carbocycles. The average Bonchev–Trinajstić information content (AvgIpc) is 2.96. The maximum atomic E-state index is 4.75. The number of likely N-dealkylation sites (N-methyl/N-ethyl adjacent to an activating group) is 1. The van der Waals surface area contributed by atoms with Gasteiger partial charge in [-0.25, -0.2) is 0 Å². The van der Waals surface area contributed by atoms with Gasteiger partial charge in [-0.05, 0) is 14.0 Å². The maximum Gasteiger partial charge on any atom is 0.0638 e. The highest BCUT2D eigenvalue weighted by Crippen LogP contribution is 2.12. The van der Waals surface area contributed by atoms with Gasteiger partial charge in [0.1, 0.15) is 0 Å². The van der Waals surface area contributed by atoms with Crippen LogP contribution in [0.1, 0.15) is 11.3 Å². The van der Waals surface area contributed by atoms with Crippen LogP contribution in [0.2, 0.25) is 0 Å². The van der Waals surface area contributed by atoms with E-state index in [0.717, 1.165) is 52.4 Å². The summed E-state index contributed by atoms with van der Waals surface area (Å²) in [7, 11) is 2.21. The highest BCUT2D eigenvalue weighted by molar-refractivity contribution is 5.15. The molecule has 3 heterocycles. The molecule has 0 atom stereocenters. The van der Waals surface area contributed by atoms with Crippen LogP contribution >= 0.6 is 0 Å². The molecular formula is C19H34N6. The number of hydrogen-bond donors (Lipinski definition) is 0. The van der Waals surface area contributed by atoms with E-state index in [0.29, 0.717) is 0 Å². The second kappa shape index (κ2) is 8.94. The fourth-order valence-electron chi connectivity index (χ4n) is 3.70. The summed E-state index contributed by atoms with van der Waals surface area (Å²) in [5, 5.41) is 4.75. The van der Waals surface area contributed by atoms with Gasteiger partial charge >= 0.3 is 0 Å². The van der Waals surface area contributed by atoms with Crippen LogP contribution in [0.5, 0.6) is 0 Å². The van der Waals surface area contributed by atoms with Crippen LogP contribution in [0.25, 0.3) is 0 Å². The van der Waals surface area contributed by atoms with Crippen LogP contribution in [0.3, 0.4) is 0 Å². The number of aryl methyl sites for hydroxylation is 1. The van der Waals surface area contributed by atoms with Gasteiger partial charge in [0.15, 0.2) is 0 Å². The van der Waals surface area contributed by atoms with E-state index < -0.39 is 0 Å². The molecule has 2 saturated heterocycles. The molecule has 2 aliphatic heterocycles. The standard InChI is InChI=1S/C19H34N6/c1-4-5-22-10-12-24(13-11-22)16-19-17-25(20-18(19)2)15-14-23-8-6-21(3)7-9-23/h4,17H,1,5-16H2,2-3H3. The zero-order valence-electron chi connectivity index (χ0n) is 16.0. The number of nitrogens with zero attached hydrogens (tertiary/aromatic N) is 6. The topological polar surface area (TPSA) is 30.8 Å². The number of aromatic nitrogens is 2. The number of piperazine rings is 2. The minimum atomic E-state index is 0.998. The van der Waals surface area contributed by atoms with Crippen molar-refractivity contribution in [3.63, 3.8) is 0 Å². The third kappa shape index (κ3) is 5.38. The van der Waals surface area contributed by atoms with E-state index in [1.807, 2.05) is 6.08 Å². The molecular weight excluding hydrogens is 312 g/mol. The molecule has 0 unspecified atom stereocenters. The molecule has 2 aliphatic rings. The first-order chi connectivity index (χ1) is 12.1. The van der Waals surface area contributed by atoms with Crippen molar-refractivity contribution in [1.82, 2.24) is 29.4 Å². The highest BCUT2D eigenvalue weighted by Gasteiger charge is 2.18. The first-order valence-corrected chi connectivity index (χ1v) is 9.63. The first kappa shape index (κ1) is 18.6. The van der Waals surface area contributed by atoms with Crippen molar-refractivity contribution in [3.05, 3.63) is 30.1 Å². The first-order valence-electron chi connectivity index (χ1n) is 9.63. The second-order valence-electron chi connectivity index (χ2n) is 7.51. The molecule has 1 aromatic rings. The molecule has 1 aromatic heterocycles. The van der Waals surface area contributed by atoms with Gasteiger partial charge in [-0.3, -0.25) is 19.4 Å². The van der Waals surface area contributed by atoms with Crippen molar-refractivity contribution in [2.75, 3.05) is 72.5 Å². The molecule has 0 aliphatic carbocycles. The van der Waals surface area contributed by atoms with Gasteiger partial charge in [-0.1, -0.05) is 6.08 Å². The van der Waals surface area contributed by atoms with Gasteiger partial charge < -0.3 is 4.90 Å². The Balaban J connectivity index is 1.45. The third-order valence-electron chi connectivity index (χ3n) is 5.54. The van der Waals surface area contributed by atoms with Crippen LogP contribution in [0.15, 0.2) is 18.9 Å². The number of hydrogen-bond acceptors (Lipinski definition) is 5. The summed E-state index contributed by atoms with van der Waals surface area (Å²) in [5.41, 5.74) is 2.57. The van der Waals surface area contributed by atoms with Crippen LogP contribution < -0.4 is 0 Å². The molecule has 2 fully saturated rings. The minimum Gasteiger partial charge on any atom is -0.304 e. The smallest absolute Gasteiger partial charge is 0.0638 e. The summed E-state index contributed by atoms with van der Waals surface area (Å²) in [4.78, 5) is 9.97. The largest absolute Gasteiger partial charge is 0.304 e. The lowest BCUT2D eigenvalue weighted by Crippen LogP contribution is -2.45. The predicted molar refractivity (Wildman–Crippen MR) is 103 cm³/mol. The number of rotatable bonds is 7. The zero-order valence-corrected chi connectivity index (χ0v) is 16.0. The quantitative estimate of drug-likeness (QED) is 0.680. The lowest BCUT2D eigenvalue weighted by Gasteiger charge is -2.33. The zero-order chi connectivity index (χ0) is 17.6.